The lowest BCUT2D eigenvalue weighted by Crippen LogP contribution is -2.00. The van der Waals surface area contributed by atoms with E-state index in [2.05, 4.69) is 17.1 Å². The van der Waals surface area contributed by atoms with E-state index < -0.39 is 0 Å². The fourth-order valence-corrected chi connectivity index (χ4v) is 1.62. The summed E-state index contributed by atoms with van der Waals surface area (Å²) in [5, 5.41) is 0. The number of aryl methyl sites for hydroxylation is 1. The number of nitrogens with two attached hydrogens (primary N) is 1. The average Bonchev–Trinajstić information content (AvgIpc) is 2.65. The van der Waals surface area contributed by atoms with Crippen LogP contribution >= 0.6 is 0 Å². The maximum atomic E-state index is 5.60. The van der Waals surface area contributed by atoms with Crippen LogP contribution in [-0.4, -0.2) is 9.55 Å². The molecule has 0 radical (unpaired) electrons. The Labute approximate surface area is 89.6 Å². The lowest BCUT2D eigenvalue weighted by atomic mass is 10.1. The lowest BCUT2D eigenvalue weighted by molar-refractivity contribution is 0.821. The van der Waals surface area contributed by atoms with Crippen LogP contribution in [0.5, 0.6) is 0 Å². The highest BCUT2D eigenvalue weighted by Crippen LogP contribution is 2.09. The van der Waals surface area contributed by atoms with Crippen LogP contribution in [0.4, 0.5) is 0 Å². The minimum atomic E-state index is 0.592. The van der Waals surface area contributed by atoms with E-state index in [0.717, 1.165) is 12.2 Å². The van der Waals surface area contributed by atoms with Crippen LogP contribution in [0.3, 0.4) is 0 Å². The summed E-state index contributed by atoms with van der Waals surface area (Å²) >= 11 is 0. The molecule has 0 saturated carbocycles. The van der Waals surface area contributed by atoms with Gasteiger partial charge in [0.05, 0.1) is 0 Å². The van der Waals surface area contributed by atoms with Gasteiger partial charge in [-0.3, -0.25) is 0 Å². The maximum absolute atomic E-state index is 5.60. The van der Waals surface area contributed by atoms with Gasteiger partial charge in [0.1, 0.15) is 5.82 Å². The van der Waals surface area contributed by atoms with Gasteiger partial charge in [0.15, 0.2) is 0 Å². The SMILES string of the molecule is Cn1ccnc1Cc1cccc(CN)c1. The Hall–Kier alpha value is -1.61. The zero-order chi connectivity index (χ0) is 10.7. The molecule has 0 aliphatic carbocycles. The average molecular weight is 201 g/mol. The molecule has 15 heavy (non-hydrogen) atoms. The fourth-order valence-electron chi connectivity index (χ4n) is 1.62. The predicted molar refractivity (Wildman–Crippen MR) is 60.3 cm³/mol. The molecule has 0 spiro atoms. The minimum Gasteiger partial charge on any atom is -0.338 e. The summed E-state index contributed by atoms with van der Waals surface area (Å²) in [5.41, 5.74) is 8.03. The van der Waals surface area contributed by atoms with Crippen LogP contribution in [-0.2, 0) is 20.0 Å². The van der Waals surface area contributed by atoms with Gasteiger partial charge in [0, 0.05) is 32.4 Å². The summed E-state index contributed by atoms with van der Waals surface area (Å²) in [5.74, 6) is 1.07. The molecule has 0 atom stereocenters. The van der Waals surface area contributed by atoms with E-state index >= 15 is 0 Å². The molecule has 2 N–H and O–H groups in total. The summed E-state index contributed by atoms with van der Waals surface area (Å²) in [6.45, 7) is 0.592. The summed E-state index contributed by atoms with van der Waals surface area (Å²) in [7, 11) is 2.01. The highest BCUT2D eigenvalue weighted by atomic mass is 15.0. The first kappa shape index (κ1) is 9.93. The van der Waals surface area contributed by atoms with Crippen molar-refractivity contribution in [2.75, 3.05) is 0 Å². The number of aromatic nitrogens is 2. The predicted octanol–water partition coefficient (Wildman–Crippen LogP) is 1.47. The number of rotatable bonds is 3. The number of benzene rings is 1. The molecule has 0 aliphatic rings. The molecule has 1 heterocycles. The largest absolute Gasteiger partial charge is 0.338 e. The molecule has 2 aromatic rings. The van der Waals surface area contributed by atoms with Crippen molar-refractivity contribution in [3.63, 3.8) is 0 Å². The Morgan fingerprint density at radius 1 is 1.33 bits per heavy atom. The molecule has 3 heteroatoms. The normalized spacial score (nSPS) is 10.5. The second-order valence-electron chi connectivity index (χ2n) is 3.66. The maximum Gasteiger partial charge on any atom is 0.112 e. The Bertz CT molecular complexity index is 446. The molecule has 78 valence electrons. The van der Waals surface area contributed by atoms with E-state index in [4.69, 9.17) is 5.73 Å². The van der Waals surface area contributed by atoms with Crippen molar-refractivity contribution in [3.8, 4) is 0 Å². The quantitative estimate of drug-likeness (QED) is 0.817. The van der Waals surface area contributed by atoms with E-state index in [-0.39, 0.29) is 0 Å². The topological polar surface area (TPSA) is 43.8 Å². The summed E-state index contributed by atoms with van der Waals surface area (Å²) in [4.78, 5) is 4.30. The molecule has 3 nitrogen and oxygen atoms in total. The zero-order valence-corrected chi connectivity index (χ0v) is 8.85. The van der Waals surface area contributed by atoms with Crippen LogP contribution < -0.4 is 5.73 Å². The monoisotopic (exact) mass is 201 g/mol. The van der Waals surface area contributed by atoms with Gasteiger partial charge in [-0.1, -0.05) is 24.3 Å². The van der Waals surface area contributed by atoms with Crippen LogP contribution in [0.1, 0.15) is 17.0 Å². The molecule has 0 fully saturated rings. The van der Waals surface area contributed by atoms with Gasteiger partial charge in [-0.05, 0) is 11.1 Å². The molecular weight excluding hydrogens is 186 g/mol. The van der Waals surface area contributed by atoms with Gasteiger partial charge >= 0.3 is 0 Å². The van der Waals surface area contributed by atoms with Gasteiger partial charge in [-0.2, -0.15) is 0 Å². The number of hydrogen-bond donors (Lipinski definition) is 1. The highest BCUT2D eigenvalue weighted by Gasteiger charge is 2.01. The van der Waals surface area contributed by atoms with Crippen molar-refractivity contribution in [2.24, 2.45) is 12.8 Å². The molecule has 0 saturated heterocycles. The third kappa shape index (κ3) is 2.25. The van der Waals surface area contributed by atoms with Crippen molar-refractivity contribution in [1.29, 1.82) is 0 Å². The van der Waals surface area contributed by atoms with Crippen LogP contribution in [0, 0.1) is 0 Å². The van der Waals surface area contributed by atoms with Crippen molar-refractivity contribution in [3.05, 3.63) is 53.6 Å². The molecular formula is C12H15N3. The number of nitrogens with zero attached hydrogens (tertiary/aromatic N) is 2. The smallest absolute Gasteiger partial charge is 0.112 e. The molecule has 0 bridgehead atoms. The van der Waals surface area contributed by atoms with Crippen molar-refractivity contribution < 1.29 is 0 Å². The summed E-state index contributed by atoms with van der Waals surface area (Å²) < 4.78 is 2.04. The zero-order valence-electron chi connectivity index (χ0n) is 8.85. The number of imidazole rings is 1. The standard InChI is InChI=1S/C12H15N3/c1-15-6-5-14-12(15)8-10-3-2-4-11(7-10)9-13/h2-7H,8-9,13H2,1H3. The first-order valence-electron chi connectivity index (χ1n) is 5.03. The van der Waals surface area contributed by atoms with E-state index in [0.29, 0.717) is 6.54 Å². The van der Waals surface area contributed by atoms with Gasteiger partial charge in [0.25, 0.3) is 0 Å². The first-order chi connectivity index (χ1) is 7.29. The molecule has 1 aromatic carbocycles. The fraction of sp³-hybridized carbons (Fsp3) is 0.250. The van der Waals surface area contributed by atoms with Crippen LogP contribution in [0.2, 0.25) is 0 Å². The second kappa shape index (κ2) is 4.28. The molecule has 0 aliphatic heterocycles. The van der Waals surface area contributed by atoms with Gasteiger partial charge in [-0.25, -0.2) is 4.98 Å². The Kier molecular flexibility index (Phi) is 2.83. The van der Waals surface area contributed by atoms with E-state index in [1.54, 1.807) is 0 Å². The van der Waals surface area contributed by atoms with Crippen molar-refractivity contribution in [2.45, 2.75) is 13.0 Å². The summed E-state index contributed by atoms with van der Waals surface area (Å²) in [6, 6.07) is 8.32. The van der Waals surface area contributed by atoms with Gasteiger partial charge in [-0.15, -0.1) is 0 Å². The highest BCUT2D eigenvalue weighted by molar-refractivity contribution is 5.25. The Morgan fingerprint density at radius 2 is 2.13 bits per heavy atom. The molecule has 0 amide bonds. The molecule has 0 unspecified atom stereocenters. The molecule has 2 rings (SSSR count). The van der Waals surface area contributed by atoms with Gasteiger partial charge < -0.3 is 10.3 Å². The first-order valence-corrected chi connectivity index (χ1v) is 5.03. The molecule has 1 aromatic heterocycles. The lowest BCUT2D eigenvalue weighted by Gasteiger charge is -2.04. The van der Waals surface area contributed by atoms with Gasteiger partial charge in [0.2, 0.25) is 0 Å². The van der Waals surface area contributed by atoms with Crippen molar-refractivity contribution in [1.82, 2.24) is 9.55 Å². The van der Waals surface area contributed by atoms with Crippen LogP contribution in [0.25, 0.3) is 0 Å². The van der Waals surface area contributed by atoms with Crippen molar-refractivity contribution >= 4 is 0 Å². The Balaban J connectivity index is 2.21. The van der Waals surface area contributed by atoms with E-state index in [1.165, 1.54) is 11.1 Å². The third-order valence-corrected chi connectivity index (χ3v) is 2.51. The number of hydrogen-bond acceptors (Lipinski definition) is 2. The van der Waals surface area contributed by atoms with E-state index in [9.17, 15) is 0 Å². The van der Waals surface area contributed by atoms with Crippen LogP contribution in [0.15, 0.2) is 36.7 Å². The third-order valence-electron chi connectivity index (χ3n) is 2.51. The van der Waals surface area contributed by atoms with E-state index in [1.807, 2.05) is 36.1 Å². The Morgan fingerprint density at radius 3 is 2.80 bits per heavy atom. The minimum absolute atomic E-state index is 0.592. The second-order valence-corrected chi connectivity index (χ2v) is 3.66. The summed E-state index contributed by atoms with van der Waals surface area (Å²) in [6.07, 6.45) is 4.64.